The molecule has 0 spiro atoms. The van der Waals surface area contributed by atoms with Crippen LogP contribution in [0.2, 0.25) is 0 Å². The monoisotopic (exact) mass is 285 g/mol. The third-order valence-electron chi connectivity index (χ3n) is 5.93. The Labute approximate surface area is 130 Å². The van der Waals surface area contributed by atoms with Crippen molar-refractivity contribution in [1.82, 2.24) is 5.32 Å². The number of benzene rings is 1. The van der Waals surface area contributed by atoms with Crippen molar-refractivity contribution in [3.05, 3.63) is 35.4 Å². The Bertz CT molecular complexity index is 445. The van der Waals surface area contributed by atoms with Crippen LogP contribution < -0.4 is 5.32 Å². The highest BCUT2D eigenvalue weighted by molar-refractivity contribution is 5.41. The van der Waals surface area contributed by atoms with Crippen molar-refractivity contribution in [2.24, 2.45) is 11.8 Å². The zero-order chi connectivity index (χ0) is 14.7. The van der Waals surface area contributed by atoms with Crippen LogP contribution in [0.25, 0.3) is 0 Å². The average Bonchev–Trinajstić information content (AvgIpc) is 2.52. The van der Waals surface area contributed by atoms with Crippen molar-refractivity contribution in [3.63, 3.8) is 0 Å². The highest BCUT2D eigenvalue weighted by Crippen LogP contribution is 2.43. The lowest BCUT2D eigenvalue weighted by atomic mass is 9.66. The molecule has 116 valence electrons. The van der Waals surface area contributed by atoms with E-state index in [2.05, 4.69) is 43.4 Å². The van der Waals surface area contributed by atoms with E-state index in [-0.39, 0.29) is 0 Å². The molecule has 1 saturated carbocycles. The molecule has 0 aromatic heterocycles. The molecule has 0 heterocycles. The summed E-state index contributed by atoms with van der Waals surface area (Å²) in [6.45, 7) is 5.82. The highest BCUT2D eigenvalue weighted by Gasteiger charge is 2.37. The molecule has 1 aromatic carbocycles. The van der Waals surface area contributed by atoms with Gasteiger partial charge in [0.25, 0.3) is 0 Å². The minimum Gasteiger partial charge on any atom is -0.313 e. The van der Waals surface area contributed by atoms with E-state index in [1.54, 1.807) is 11.1 Å². The van der Waals surface area contributed by atoms with Gasteiger partial charge < -0.3 is 5.32 Å². The lowest BCUT2D eigenvalue weighted by Gasteiger charge is -2.43. The van der Waals surface area contributed by atoms with Crippen LogP contribution in [0.3, 0.4) is 0 Å². The van der Waals surface area contributed by atoms with Gasteiger partial charge in [-0.2, -0.15) is 0 Å². The van der Waals surface area contributed by atoms with Crippen molar-refractivity contribution in [2.75, 3.05) is 6.54 Å². The van der Waals surface area contributed by atoms with Crippen molar-refractivity contribution in [3.8, 4) is 0 Å². The van der Waals surface area contributed by atoms with E-state index in [0.717, 1.165) is 23.8 Å². The first-order valence-electron chi connectivity index (χ1n) is 9.14. The molecule has 2 aliphatic carbocycles. The lowest BCUT2D eigenvalue weighted by Crippen LogP contribution is -2.46. The number of fused-ring (bicyclic) bond motifs is 1. The molecule has 1 N–H and O–H groups in total. The van der Waals surface area contributed by atoms with Gasteiger partial charge in [0, 0.05) is 12.0 Å². The summed E-state index contributed by atoms with van der Waals surface area (Å²) in [5.74, 6) is 2.68. The summed E-state index contributed by atoms with van der Waals surface area (Å²) >= 11 is 0. The van der Waals surface area contributed by atoms with Gasteiger partial charge in [-0.1, -0.05) is 57.4 Å². The molecule has 0 bridgehead atoms. The minimum absolute atomic E-state index is 0.720. The van der Waals surface area contributed by atoms with Crippen LogP contribution in [0, 0.1) is 11.8 Å². The normalized spacial score (nSPS) is 29.5. The molecule has 21 heavy (non-hydrogen) atoms. The molecule has 2 atom stereocenters. The summed E-state index contributed by atoms with van der Waals surface area (Å²) < 4.78 is 0. The lowest BCUT2D eigenvalue weighted by molar-refractivity contribution is 0.191. The number of hydrogen-bond donors (Lipinski definition) is 1. The Hall–Kier alpha value is -0.820. The van der Waals surface area contributed by atoms with E-state index in [4.69, 9.17) is 0 Å². The molecule has 2 aliphatic rings. The maximum Gasteiger partial charge on any atom is 0.0167 e. The third-order valence-corrected chi connectivity index (χ3v) is 5.93. The van der Waals surface area contributed by atoms with Gasteiger partial charge in [-0.15, -0.1) is 0 Å². The fourth-order valence-electron chi connectivity index (χ4n) is 4.52. The van der Waals surface area contributed by atoms with E-state index >= 15 is 0 Å². The Morgan fingerprint density at radius 1 is 1.10 bits per heavy atom. The first-order valence-corrected chi connectivity index (χ1v) is 9.14. The largest absolute Gasteiger partial charge is 0.313 e. The molecule has 0 aliphatic heterocycles. The smallest absolute Gasteiger partial charge is 0.0167 e. The maximum atomic E-state index is 3.91. The Balaban J connectivity index is 1.68. The highest BCUT2D eigenvalue weighted by atomic mass is 14.9. The third kappa shape index (κ3) is 3.18. The molecule has 1 aromatic rings. The van der Waals surface area contributed by atoms with Gasteiger partial charge in [-0.25, -0.2) is 0 Å². The fourth-order valence-corrected chi connectivity index (χ4v) is 4.52. The molecule has 0 radical (unpaired) electrons. The quantitative estimate of drug-likeness (QED) is 0.783. The summed E-state index contributed by atoms with van der Waals surface area (Å²) in [5, 5.41) is 3.91. The number of rotatable bonds is 6. The van der Waals surface area contributed by atoms with Crippen LogP contribution >= 0.6 is 0 Å². The van der Waals surface area contributed by atoms with Crippen molar-refractivity contribution >= 4 is 0 Å². The zero-order valence-electron chi connectivity index (χ0n) is 13.8. The van der Waals surface area contributed by atoms with Crippen LogP contribution in [0.1, 0.15) is 69.4 Å². The van der Waals surface area contributed by atoms with E-state index in [1.165, 1.54) is 51.5 Å². The van der Waals surface area contributed by atoms with Gasteiger partial charge in [0.15, 0.2) is 0 Å². The van der Waals surface area contributed by atoms with Crippen LogP contribution in [0.4, 0.5) is 0 Å². The molecule has 1 heteroatoms. The second-order valence-electron chi connectivity index (χ2n) is 7.18. The van der Waals surface area contributed by atoms with Crippen LogP contribution in [-0.4, -0.2) is 12.6 Å². The molecular formula is C20H31N. The first-order chi connectivity index (χ1) is 10.3. The first kappa shape index (κ1) is 15.1. The van der Waals surface area contributed by atoms with E-state index in [9.17, 15) is 0 Å². The van der Waals surface area contributed by atoms with Gasteiger partial charge in [0.1, 0.15) is 0 Å². The van der Waals surface area contributed by atoms with Crippen LogP contribution in [0.5, 0.6) is 0 Å². The predicted octanol–water partition coefficient (Wildman–Crippen LogP) is 4.91. The molecule has 3 rings (SSSR count). The average molecular weight is 285 g/mol. The summed E-state index contributed by atoms with van der Waals surface area (Å²) in [4.78, 5) is 0. The fraction of sp³-hybridized carbons (Fsp3) is 0.700. The van der Waals surface area contributed by atoms with E-state index in [1.807, 2.05) is 0 Å². The maximum absolute atomic E-state index is 3.91. The van der Waals surface area contributed by atoms with Gasteiger partial charge in [0.2, 0.25) is 0 Å². The standard InChI is InChI=1S/C20H31N/c1-3-13-21-20(16-11-9-15(4-2)10-12-16)19-14-17-7-5-6-8-18(17)19/h5-8,15-16,19-21H,3-4,9-14H2,1-2H3. The molecular weight excluding hydrogens is 254 g/mol. The number of nitrogens with one attached hydrogen (secondary N) is 1. The topological polar surface area (TPSA) is 12.0 Å². The molecule has 1 fully saturated rings. The van der Waals surface area contributed by atoms with Gasteiger partial charge in [-0.3, -0.25) is 0 Å². The predicted molar refractivity (Wildman–Crippen MR) is 90.7 cm³/mol. The summed E-state index contributed by atoms with van der Waals surface area (Å²) in [6.07, 6.45) is 9.73. The molecule has 0 amide bonds. The summed E-state index contributed by atoms with van der Waals surface area (Å²) in [5.41, 5.74) is 3.22. The SMILES string of the molecule is CCCNC(C1CCC(CC)CC1)C1Cc2ccccc21. The van der Waals surface area contributed by atoms with Crippen LogP contribution in [0.15, 0.2) is 24.3 Å². The second kappa shape index (κ2) is 6.96. The second-order valence-corrected chi connectivity index (χ2v) is 7.18. The Morgan fingerprint density at radius 2 is 1.86 bits per heavy atom. The van der Waals surface area contributed by atoms with Crippen molar-refractivity contribution in [2.45, 2.75) is 70.8 Å². The Kier molecular flexibility index (Phi) is 5.00. The van der Waals surface area contributed by atoms with Gasteiger partial charge in [-0.05, 0) is 55.2 Å². The molecule has 1 nitrogen and oxygen atoms in total. The van der Waals surface area contributed by atoms with Crippen molar-refractivity contribution < 1.29 is 0 Å². The zero-order valence-corrected chi connectivity index (χ0v) is 13.8. The number of hydrogen-bond acceptors (Lipinski definition) is 1. The minimum atomic E-state index is 0.720. The summed E-state index contributed by atoms with van der Waals surface area (Å²) in [7, 11) is 0. The molecule has 0 saturated heterocycles. The van der Waals surface area contributed by atoms with Crippen LogP contribution in [-0.2, 0) is 6.42 Å². The molecule has 2 unspecified atom stereocenters. The Morgan fingerprint density at radius 3 is 2.52 bits per heavy atom. The van der Waals surface area contributed by atoms with Gasteiger partial charge >= 0.3 is 0 Å². The summed E-state index contributed by atoms with van der Waals surface area (Å²) in [6, 6.07) is 9.81. The van der Waals surface area contributed by atoms with E-state index < -0.39 is 0 Å². The van der Waals surface area contributed by atoms with Crippen molar-refractivity contribution in [1.29, 1.82) is 0 Å². The van der Waals surface area contributed by atoms with E-state index in [0.29, 0.717) is 0 Å². The van der Waals surface area contributed by atoms with Gasteiger partial charge in [0.05, 0.1) is 0 Å².